The van der Waals surface area contributed by atoms with Crippen molar-refractivity contribution in [3.63, 3.8) is 0 Å². The maximum absolute atomic E-state index is 13.9. The number of nitrogens with zero attached hydrogens (tertiary/aromatic N) is 3. The van der Waals surface area contributed by atoms with Gasteiger partial charge < -0.3 is 14.6 Å². The van der Waals surface area contributed by atoms with Gasteiger partial charge in [-0.15, -0.1) is 0 Å². The van der Waals surface area contributed by atoms with Crippen LogP contribution in [0.1, 0.15) is 46.9 Å². The summed E-state index contributed by atoms with van der Waals surface area (Å²) in [6.07, 6.45) is 7.91. The van der Waals surface area contributed by atoms with E-state index in [0.29, 0.717) is 12.5 Å². The zero-order chi connectivity index (χ0) is 22.6. The second-order valence-electron chi connectivity index (χ2n) is 9.55. The van der Waals surface area contributed by atoms with Crippen molar-refractivity contribution in [3.8, 4) is 0 Å². The van der Waals surface area contributed by atoms with E-state index in [2.05, 4.69) is 27.9 Å². The first-order valence-electron chi connectivity index (χ1n) is 12.3. The van der Waals surface area contributed by atoms with Crippen LogP contribution in [-0.2, 0) is 24.1 Å². The van der Waals surface area contributed by atoms with Crippen molar-refractivity contribution in [1.82, 2.24) is 19.8 Å². The third-order valence-electron chi connectivity index (χ3n) is 7.12. The summed E-state index contributed by atoms with van der Waals surface area (Å²) >= 11 is 0. The van der Waals surface area contributed by atoms with E-state index in [-0.39, 0.29) is 5.91 Å². The number of aromatic amines is 1. The molecule has 1 aliphatic carbocycles. The second kappa shape index (κ2) is 10.1. The molecule has 0 spiro atoms. The van der Waals surface area contributed by atoms with Crippen LogP contribution in [0.4, 0.5) is 0 Å². The Kier molecular flexibility index (Phi) is 6.74. The van der Waals surface area contributed by atoms with E-state index in [1.54, 1.807) is 12.4 Å². The largest absolute Gasteiger partial charge is 0.379 e. The highest BCUT2D eigenvalue weighted by atomic mass is 16.5. The Bertz CT molecular complexity index is 1090. The van der Waals surface area contributed by atoms with Crippen LogP contribution in [0.15, 0.2) is 42.7 Å². The smallest absolute Gasteiger partial charge is 0.256 e. The summed E-state index contributed by atoms with van der Waals surface area (Å²) in [6.45, 7) is 8.19. The fourth-order valence-corrected chi connectivity index (χ4v) is 5.23. The molecular formula is C27H34N4O2. The van der Waals surface area contributed by atoms with Gasteiger partial charge in [-0.1, -0.05) is 19.1 Å². The highest BCUT2D eigenvalue weighted by molar-refractivity contribution is 6.06. The topological polar surface area (TPSA) is 61.5 Å². The van der Waals surface area contributed by atoms with E-state index < -0.39 is 0 Å². The minimum Gasteiger partial charge on any atom is -0.379 e. The number of pyridine rings is 1. The number of carbonyl (C=O) groups is 1. The number of para-hydroxylation sites is 1. The van der Waals surface area contributed by atoms with Gasteiger partial charge in [0.2, 0.25) is 0 Å². The molecule has 33 heavy (non-hydrogen) atoms. The third-order valence-corrected chi connectivity index (χ3v) is 7.12. The van der Waals surface area contributed by atoms with Crippen LogP contribution >= 0.6 is 0 Å². The van der Waals surface area contributed by atoms with Crippen molar-refractivity contribution in [2.75, 3.05) is 39.4 Å². The van der Waals surface area contributed by atoms with Gasteiger partial charge in [0.15, 0.2) is 0 Å². The van der Waals surface area contributed by atoms with Gasteiger partial charge in [-0.3, -0.25) is 14.7 Å². The molecule has 1 aromatic carbocycles. The lowest BCUT2D eigenvalue weighted by Crippen LogP contribution is -2.39. The first-order chi connectivity index (χ1) is 16.2. The molecule has 0 radical (unpaired) electrons. The zero-order valence-electron chi connectivity index (χ0n) is 19.6. The molecule has 1 unspecified atom stereocenters. The quantitative estimate of drug-likeness (QED) is 0.595. The number of ether oxygens (including phenoxy) is 1. The van der Waals surface area contributed by atoms with Gasteiger partial charge in [-0.05, 0) is 60.9 Å². The molecule has 1 amide bonds. The number of hydrogen-bond donors (Lipinski definition) is 1. The Morgan fingerprint density at radius 1 is 1.21 bits per heavy atom. The van der Waals surface area contributed by atoms with Crippen LogP contribution in [0, 0.1) is 5.92 Å². The van der Waals surface area contributed by atoms with Gasteiger partial charge in [0.05, 0.1) is 24.3 Å². The number of amides is 1. The lowest BCUT2D eigenvalue weighted by atomic mass is 9.87. The molecule has 0 bridgehead atoms. The standard InChI is InChI=1S/C27H34N4O2/c1-20-6-7-25-24(18-20)22-4-2-5-23(26(22)29-25)27(32)31(19-21-8-10-28-11-9-21)13-3-12-30-14-16-33-17-15-30/h2,4-5,8-11,20,29H,3,6-7,12-19H2,1H3. The first-order valence-corrected chi connectivity index (χ1v) is 12.3. The summed E-state index contributed by atoms with van der Waals surface area (Å²) in [5.41, 5.74) is 5.63. The Morgan fingerprint density at radius 3 is 2.85 bits per heavy atom. The predicted octanol–water partition coefficient (Wildman–Crippen LogP) is 4.05. The molecule has 3 heterocycles. The Hall–Kier alpha value is -2.70. The summed E-state index contributed by atoms with van der Waals surface area (Å²) in [7, 11) is 0. The molecule has 3 aromatic rings. The number of benzene rings is 1. The Balaban J connectivity index is 1.39. The van der Waals surface area contributed by atoms with Crippen molar-refractivity contribution in [1.29, 1.82) is 0 Å². The Morgan fingerprint density at radius 2 is 2.03 bits per heavy atom. The van der Waals surface area contributed by atoms with Gasteiger partial charge in [0.1, 0.15) is 0 Å². The van der Waals surface area contributed by atoms with E-state index in [0.717, 1.165) is 75.3 Å². The van der Waals surface area contributed by atoms with Crippen LogP contribution in [0.5, 0.6) is 0 Å². The van der Waals surface area contributed by atoms with Gasteiger partial charge in [-0.2, -0.15) is 0 Å². The molecule has 1 aliphatic heterocycles. The second-order valence-corrected chi connectivity index (χ2v) is 9.55. The van der Waals surface area contributed by atoms with Crippen LogP contribution in [-0.4, -0.2) is 65.1 Å². The van der Waals surface area contributed by atoms with E-state index in [1.165, 1.54) is 23.1 Å². The van der Waals surface area contributed by atoms with E-state index in [1.807, 2.05) is 29.2 Å². The van der Waals surface area contributed by atoms with E-state index >= 15 is 0 Å². The normalized spacial score (nSPS) is 18.9. The molecule has 1 fully saturated rings. The molecule has 174 valence electrons. The van der Waals surface area contributed by atoms with Gasteiger partial charge in [0.25, 0.3) is 5.91 Å². The molecule has 1 N–H and O–H groups in total. The van der Waals surface area contributed by atoms with E-state index in [4.69, 9.17) is 4.74 Å². The number of hydrogen-bond acceptors (Lipinski definition) is 4. The number of nitrogens with one attached hydrogen (secondary N) is 1. The summed E-state index contributed by atoms with van der Waals surface area (Å²) in [5.74, 6) is 0.797. The Labute approximate surface area is 195 Å². The summed E-state index contributed by atoms with van der Waals surface area (Å²) in [6, 6.07) is 10.2. The molecule has 1 saturated heterocycles. The summed E-state index contributed by atoms with van der Waals surface area (Å²) in [5, 5.41) is 1.22. The summed E-state index contributed by atoms with van der Waals surface area (Å²) in [4.78, 5) is 26.1. The molecular weight excluding hydrogens is 412 g/mol. The number of carbonyl (C=O) groups excluding carboxylic acids is 1. The third kappa shape index (κ3) is 4.97. The lowest BCUT2D eigenvalue weighted by Gasteiger charge is -2.28. The van der Waals surface area contributed by atoms with Crippen molar-refractivity contribution in [2.45, 2.75) is 39.2 Å². The minimum atomic E-state index is 0.103. The average Bonchev–Trinajstić information content (AvgIpc) is 3.22. The monoisotopic (exact) mass is 446 g/mol. The van der Waals surface area contributed by atoms with Gasteiger partial charge >= 0.3 is 0 Å². The average molecular weight is 447 g/mol. The van der Waals surface area contributed by atoms with E-state index in [9.17, 15) is 4.79 Å². The van der Waals surface area contributed by atoms with Crippen molar-refractivity contribution < 1.29 is 9.53 Å². The number of fused-ring (bicyclic) bond motifs is 3. The number of rotatable bonds is 7. The number of aryl methyl sites for hydroxylation is 1. The predicted molar refractivity (Wildman–Crippen MR) is 130 cm³/mol. The molecule has 1 atom stereocenters. The van der Waals surface area contributed by atoms with Crippen LogP contribution < -0.4 is 0 Å². The molecule has 0 saturated carbocycles. The number of aromatic nitrogens is 2. The van der Waals surface area contributed by atoms with Crippen molar-refractivity contribution >= 4 is 16.8 Å². The maximum Gasteiger partial charge on any atom is 0.256 e. The van der Waals surface area contributed by atoms with Gasteiger partial charge in [0, 0.05) is 56.2 Å². The maximum atomic E-state index is 13.9. The molecule has 5 rings (SSSR count). The SMILES string of the molecule is CC1CCc2[nH]c3c(C(=O)N(CCCN4CCOCC4)Cc4ccncc4)cccc3c2C1. The fourth-order valence-electron chi connectivity index (χ4n) is 5.23. The van der Waals surface area contributed by atoms with Crippen molar-refractivity contribution in [2.24, 2.45) is 5.92 Å². The number of H-pyrrole nitrogens is 1. The van der Waals surface area contributed by atoms with Crippen LogP contribution in [0.25, 0.3) is 10.9 Å². The van der Waals surface area contributed by atoms with Gasteiger partial charge in [-0.25, -0.2) is 0 Å². The highest BCUT2D eigenvalue weighted by Gasteiger charge is 2.24. The highest BCUT2D eigenvalue weighted by Crippen LogP contribution is 2.33. The molecule has 6 nitrogen and oxygen atoms in total. The fraction of sp³-hybridized carbons (Fsp3) is 0.481. The number of morpholine rings is 1. The van der Waals surface area contributed by atoms with Crippen LogP contribution in [0.2, 0.25) is 0 Å². The summed E-state index contributed by atoms with van der Waals surface area (Å²) < 4.78 is 5.47. The van der Waals surface area contributed by atoms with Crippen molar-refractivity contribution in [3.05, 3.63) is 65.1 Å². The zero-order valence-corrected chi connectivity index (χ0v) is 19.6. The van der Waals surface area contributed by atoms with Crippen LogP contribution in [0.3, 0.4) is 0 Å². The lowest BCUT2D eigenvalue weighted by molar-refractivity contribution is 0.0355. The molecule has 2 aromatic heterocycles. The molecule has 2 aliphatic rings. The first kappa shape index (κ1) is 22.1. The molecule has 6 heteroatoms. The minimum absolute atomic E-state index is 0.103.